The molecule has 136 valence electrons. The van der Waals surface area contributed by atoms with Crippen LogP contribution in [0.5, 0.6) is 0 Å². The van der Waals surface area contributed by atoms with Crippen LogP contribution in [0.2, 0.25) is 0 Å². The van der Waals surface area contributed by atoms with Gasteiger partial charge >= 0.3 is 6.03 Å². The summed E-state index contributed by atoms with van der Waals surface area (Å²) < 4.78 is 29.0. The summed E-state index contributed by atoms with van der Waals surface area (Å²) >= 11 is 0. The molecule has 2 aliphatic heterocycles. The van der Waals surface area contributed by atoms with Crippen molar-refractivity contribution in [1.82, 2.24) is 25.2 Å². The van der Waals surface area contributed by atoms with E-state index in [1.54, 1.807) is 23.0 Å². The first-order valence-corrected chi connectivity index (χ1v) is 8.44. The molecule has 2 unspecified atom stereocenters. The molecule has 2 aromatic rings. The molecular weight excluding hydrogens is 346 g/mol. The Morgan fingerprint density at radius 2 is 2.12 bits per heavy atom. The number of amides is 3. The van der Waals surface area contributed by atoms with Crippen molar-refractivity contribution in [3.8, 4) is 0 Å². The lowest BCUT2D eigenvalue weighted by Crippen LogP contribution is -2.51. The van der Waals surface area contributed by atoms with Gasteiger partial charge in [0, 0.05) is 38.4 Å². The standard InChI is InChI=1S/C16H16F2N6O2/c17-16(18)7-15(16)1-3-23(8-15)11-5-10(22-24-4-2-19-12(11)24)9-6-20-14(26)21-13(9)25/h2,4-5,9H,1,3,6-8H2,(H2,20,21,25,26). The van der Waals surface area contributed by atoms with Crippen molar-refractivity contribution >= 4 is 23.3 Å². The van der Waals surface area contributed by atoms with Gasteiger partial charge in [0.25, 0.3) is 5.92 Å². The van der Waals surface area contributed by atoms with E-state index in [1.165, 1.54) is 0 Å². The summed E-state index contributed by atoms with van der Waals surface area (Å²) in [5.74, 6) is -3.67. The summed E-state index contributed by atoms with van der Waals surface area (Å²) in [6, 6.07) is 1.19. The number of halogens is 2. The number of carbonyl (C=O) groups is 2. The van der Waals surface area contributed by atoms with Crippen molar-refractivity contribution in [2.75, 3.05) is 24.5 Å². The van der Waals surface area contributed by atoms with Crippen LogP contribution >= 0.6 is 0 Å². The number of carbonyl (C=O) groups excluding carboxylic acids is 2. The summed E-state index contributed by atoms with van der Waals surface area (Å²) in [7, 11) is 0. The second-order valence-electron chi connectivity index (χ2n) is 7.23. The lowest BCUT2D eigenvalue weighted by Gasteiger charge is -2.24. The molecule has 0 radical (unpaired) electrons. The van der Waals surface area contributed by atoms with Crippen LogP contribution in [0.25, 0.3) is 5.65 Å². The molecule has 2 N–H and O–H groups in total. The molecule has 3 amide bonds. The molecule has 8 nitrogen and oxygen atoms in total. The van der Waals surface area contributed by atoms with Crippen LogP contribution in [0.1, 0.15) is 24.5 Å². The zero-order valence-electron chi connectivity index (χ0n) is 13.7. The van der Waals surface area contributed by atoms with Gasteiger partial charge in [0.1, 0.15) is 0 Å². The highest BCUT2D eigenvalue weighted by Crippen LogP contribution is 2.65. The number of fused-ring (bicyclic) bond motifs is 1. The first-order valence-electron chi connectivity index (χ1n) is 8.44. The number of alkyl halides is 2. The Morgan fingerprint density at radius 3 is 2.81 bits per heavy atom. The van der Waals surface area contributed by atoms with E-state index in [0.29, 0.717) is 30.0 Å². The Hall–Kier alpha value is -2.78. The zero-order chi connectivity index (χ0) is 18.1. The number of hydrogen-bond donors (Lipinski definition) is 2. The molecule has 3 aliphatic rings. The third kappa shape index (κ3) is 2.10. The molecule has 0 aromatic carbocycles. The highest BCUT2D eigenvalue weighted by molar-refractivity contribution is 6.00. The first-order chi connectivity index (χ1) is 12.4. The molecule has 2 saturated heterocycles. The van der Waals surface area contributed by atoms with Gasteiger partial charge in [0.05, 0.1) is 22.7 Å². The maximum atomic E-state index is 13.7. The molecule has 2 aromatic heterocycles. The van der Waals surface area contributed by atoms with Gasteiger partial charge in [-0.05, 0) is 12.5 Å². The summed E-state index contributed by atoms with van der Waals surface area (Å²) in [6.45, 7) is 0.911. The molecule has 26 heavy (non-hydrogen) atoms. The Labute approximate surface area is 146 Å². The Balaban J connectivity index is 1.53. The normalized spacial score (nSPS) is 29.9. The van der Waals surface area contributed by atoms with E-state index in [1.807, 2.05) is 4.90 Å². The van der Waals surface area contributed by atoms with Crippen molar-refractivity contribution in [3.63, 3.8) is 0 Å². The predicted molar refractivity (Wildman–Crippen MR) is 86.1 cm³/mol. The number of rotatable bonds is 2. The van der Waals surface area contributed by atoms with Crippen molar-refractivity contribution in [2.24, 2.45) is 5.41 Å². The van der Waals surface area contributed by atoms with Crippen molar-refractivity contribution in [3.05, 3.63) is 24.2 Å². The summed E-state index contributed by atoms with van der Waals surface area (Å²) in [5.41, 5.74) is 0.779. The molecular formula is C16H16F2N6O2. The van der Waals surface area contributed by atoms with Gasteiger partial charge in [0.15, 0.2) is 5.65 Å². The fourth-order valence-corrected chi connectivity index (χ4v) is 3.99. The van der Waals surface area contributed by atoms with Gasteiger partial charge in [-0.15, -0.1) is 0 Å². The van der Waals surface area contributed by atoms with E-state index in [4.69, 9.17) is 0 Å². The second-order valence-corrected chi connectivity index (χ2v) is 7.23. The average molecular weight is 362 g/mol. The highest BCUT2D eigenvalue weighted by Gasteiger charge is 2.72. The van der Waals surface area contributed by atoms with E-state index in [0.717, 1.165) is 0 Å². The van der Waals surface area contributed by atoms with Crippen LogP contribution in [0, 0.1) is 5.41 Å². The molecule has 5 rings (SSSR count). The van der Waals surface area contributed by atoms with Crippen LogP contribution in [0.15, 0.2) is 18.5 Å². The lowest BCUT2D eigenvalue weighted by molar-refractivity contribution is -0.122. The van der Waals surface area contributed by atoms with Gasteiger partial charge in [-0.3, -0.25) is 10.1 Å². The number of aromatic nitrogens is 3. The van der Waals surface area contributed by atoms with Crippen LogP contribution in [-0.2, 0) is 4.79 Å². The van der Waals surface area contributed by atoms with Gasteiger partial charge in [-0.1, -0.05) is 0 Å². The number of nitrogens with zero attached hydrogens (tertiary/aromatic N) is 4. The minimum Gasteiger partial charge on any atom is -0.368 e. The van der Waals surface area contributed by atoms with Gasteiger partial charge in [-0.2, -0.15) is 5.10 Å². The third-order valence-corrected chi connectivity index (χ3v) is 5.64. The molecule has 10 heteroatoms. The first kappa shape index (κ1) is 15.5. The quantitative estimate of drug-likeness (QED) is 0.828. The van der Waals surface area contributed by atoms with Crippen molar-refractivity contribution in [2.45, 2.75) is 24.7 Å². The lowest BCUT2D eigenvalue weighted by atomic mass is 10.0. The summed E-state index contributed by atoms with van der Waals surface area (Å²) in [6.07, 6.45) is 3.59. The molecule has 2 atom stereocenters. The van der Waals surface area contributed by atoms with Crippen molar-refractivity contribution < 1.29 is 18.4 Å². The fraction of sp³-hybridized carbons (Fsp3) is 0.500. The number of imide groups is 1. The van der Waals surface area contributed by atoms with E-state index < -0.39 is 29.2 Å². The maximum Gasteiger partial charge on any atom is 0.321 e. The van der Waals surface area contributed by atoms with Crippen LogP contribution in [0.4, 0.5) is 19.3 Å². The molecule has 4 heterocycles. The molecule has 0 bridgehead atoms. The number of imidazole rings is 1. The van der Waals surface area contributed by atoms with Crippen LogP contribution < -0.4 is 15.5 Å². The zero-order valence-corrected chi connectivity index (χ0v) is 13.7. The molecule has 1 spiro atoms. The number of urea groups is 1. The SMILES string of the molecule is O=C1NCC(c2cc(N3CCC4(C3)CC4(F)F)c3nccn3n2)C(=O)N1. The van der Waals surface area contributed by atoms with Crippen molar-refractivity contribution in [1.29, 1.82) is 0 Å². The van der Waals surface area contributed by atoms with E-state index in [-0.39, 0.29) is 19.5 Å². The number of nitrogens with one attached hydrogen (secondary N) is 2. The van der Waals surface area contributed by atoms with E-state index in [9.17, 15) is 18.4 Å². The monoisotopic (exact) mass is 362 g/mol. The van der Waals surface area contributed by atoms with Crippen LogP contribution in [0.3, 0.4) is 0 Å². The van der Waals surface area contributed by atoms with E-state index in [2.05, 4.69) is 20.7 Å². The Morgan fingerprint density at radius 1 is 1.31 bits per heavy atom. The Bertz CT molecular complexity index is 944. The van der Waals surface area contributed by atoms with Crippen LogP contribution in [-0.4, -0.2) is 52.1 Å². The Kier molecular flexibility index (Phi) is 2.91. The summed E-state index contributed by atoms with van der Waals surface area (Å²) in [5, 5.41) is 9.22. The minimum atomic E-state index is -2.60. The summed E-state index contributed by atoms with van der Waals surface area (Å²) in [4.78, 5) is 29.6. The number of anilines is 1. The van der Waals surface area contributed by atoms with Gasteiger partial charge in [0.2, 0.25) is 5.91 Å². The van der Waals surface area contributed by atoms with Gasteiger partial charge in [-0.25, -0.2) is 23.1 Å². The third-order valence-electron chi connectivity index (χ3n) is 5.64. The minimum absolute atomic E-state index is 0.0732. The molecule has 1 saturated carbocycles. The topological polar surface area (TPSA) is 91.6 Å². The van der Waals surface area contributed by atoms with E-state index >= 15 is 0 Å². The second kappa shape index (κ2) is 4.89. The fourth-order valence-electron chi connectivity index (χ4n) is 3.99. The average Bonchev–Trinajstić information content (AvgIpc) is 2.99. The van der Waals surface area contributed by atoms with Gasteiger partial charge < -0.3 is 10.2 Å². The highest BCUT2D eigenvalue weighted by atomic mass is 19.3. The number of hydrogen-bond acceptors (Lipinski definition) is 5. The molecule has 3 fully saturated rings. The maximum absolute atomic E-state index is 13.7. The smallest absolute Gasteiger partial charge is 0.321 e. The molecule has 1 aliphatic carbocycles. The largest absolute Gasteiger partial charge is 0.368 e. The predicted octanol–water partition coefficient (Wildman–Crippen LogP) is 0.888.